The summed E-state index contributed by atoms with van der Waals surface area (Å²) in [5.41, 5.74) is 3.09. The molecule has 0 saturated carbocycles. The van der Waals surface area contributed by atoms with Crippen molar-refractivity contribution in [2.45, 2.75) is 44.5 Å². The molecule has 0 aliphatic carbocycles. The number of carbonyl (C=O) groups is 2. The molecule has 1 aromatic heterocycles. The van der Waals surface area contributed by atoms with Crippen LogP contribution in [0, 0.1) is 13.8 Å². The molecule has 0 aliphatic rings. The molecule has 1 heterocycles. The van der Waals surface area contributed by atoms with Crippen LogP contribution in [0.25, 0.3) is 11.0 Å². The maximum Gasteiger partial charge on any atom is 0.407 e. The molecule has 7 nitrogen and oxygen atoms in total. The maximum absolute atomic E-state index is 12.6. The minimum atomic E-state index is -0.543. The average molecular weight is 609 g/mol. The van der Waals surface area contributed by atoms with E-state index in [0.29, 0.717) is 35.1 Å². The first kappa shape index (κ1) is 26.9. The molecule has 3 aromatic rings. The first-order chi connectivity index (χ1) is 16.8. The third-order valence-corrected chi connectivity index (χ3v) is 7.66. The molecule has 0 unspecified atom stereocenters. The largest absolute Gasteiger partial charge is 0.445 e. The Morgan fingerprint density at radius 1 is 1.14 bits per heavy atom. The highest BCUT2D eigenvalue weighted by atomic mass is 79.9. The number of fused-ring (bicyclic) bond motifs is 1. The molecule has 1 N–H and O–H groups in total. The second-order valence-electron chi connectivity index (χ2n) is 8.14. The van der Waals surface area contributed by atoms with Crippen molar-refractivity contribution >= 4 is 54.9 Å². The fourth-order valence-corrected chi connectivity index (χ4v) is 4.19. The van der Waals surface area contributed by atoms with Crippen LogP contribution in [0.3, 0.4) is 0 Å². The predicted octanol–water partition coefficient (Wildman–Crippen LogP) is 5.72. The van der Waals surface area contributed by atoms with Gasteiger partial charge in [0, 0.05) is 40.1 Å². The number of hydrogen-bond acceptors (Lipinski definition) is 6. The van der Waals surface area contributed by atoms with E-state index in [0.717, 1.165) is 22.1 Å². The number of alkyl carbamates (subject to hydrolysis) is 1. The van der Waals surface area contributed by atoms with Crippen LogP contribution in [0.5, 0.6) is 5.75 Å². The smallest absolute Gasteiger partial charge is 0.407 e. The predicted molar refractivity (Wildman–Crippen MR) is 142 cm³/mol. The van der Waals surface area contributed by atoms with E-state index in [1.165, 1.54) is 6.07 Å². The van der Waals surface area contributed by atoms with Crippen molar-refractivity contribution in [3.05, 3.63) is 75.1 Å². The fourth-order valence-electron chi connectivity index (χ4n) is 3.61. The summed E-state index contributed by atoms with van der Waals surface area (Å²) in [5, 5.41) is 4.16. The van der Waals surface area contributed by atoms with Crippen molar-refractivity contribution in [1.82, 2.24) is 5.32 Å². The van der Waals surface area contributed by atoms with Gasteiger partial charge in [-0.25, -0.2) is 9.59 Å². The Bertz CT molecular complexity index is 1240. The molecule has 2 aromatic carbocycles. The highest BCUT2D eigenvalue weighted by Gasteiger charge is 2.20. The highest BCUT2D eigenvalue weighted by Crippen LogP contribution is 2.34. The van der Waals surface area contributed by atoms with Gasteiger partial charge in [-0.1, -0.05) is 62.2 Å². The zero-order valence-electron chi connectivity index (χ0n) is 19.6. The minimum Gasteiger partial charge on any atom is -0.445 e. The van der Waals surface area contributed by atoms with Gasteiger partial charge in [-0.3, -0.25) is 4.79 Å². The topological polar surface area (TPSA) is 94.8 Å². The number of rotatable bonds is 10. The first-order valence-corrected chi connectivity index (χ1v) is 13.2. The molecule has 0 saturated heterocycles. The zero-order valence-corrected chi connectivity index (χ0v) is 22.7. The lowest BCUT2D eigenvalue weighted by molar-refractivity contribution is -0.134. The van der Waals surface area contributed by atoms with Crippen LogP contribution in [-0.2, 0) is 22.6 Å². The molecule has 3 rings (SSSR count). The quantitative estimate of drug-likeness (QED) is 0.104. The Morgan fingerprint density at radius 2 is 1.89 bits per heavy atom. The van der Waals surface area contributed by atoms with Gasteiger partial charge in [0.25, 0.3) is 0 Å². The van der Waals surface area contributed by atoms with Crippen LogP contribution in [-0.4, -0.2) is 28.8 Å². The zero-order chi connectivity index (χ0) is 25.4. The van der Waals surface area contributed by atoms with E-state index in [1.807, 2.05) is 43.3 Å². The Balaban J connectivity index is 1.61. The number of carbonyl (C=O) groups excluding carboxylic acids is 2. The van der Waals surface area contributed by atoms with Crippen LogP contribution < -0.4 is 15.7 Å². The van der Waals surface area contributed by atoms with E-state index >= 15 is 0 Å². The molecule has 1 amide bonds. The SMILES string of the molecule is Cc1cc(=O)oc2c(C)c(OC(=O)CCCNC(=O)OCc3ccccc3)c(C[C@@H](Br)CBr)cc12. The summed E-state index contributed by atoms with van der Waals surface area (Å²) in [7, 11) is 0. The molecule has 0 bridgehead atoms. The molecule has 35 heavy (non-hydrogen) atoms. The van der Waals surface area contributed by atoms with E-state index in [9.17, 15) is 14.4 Å². The van der Waals surface area contributed by atoms with Crippen LogP contribution in [0.1, 0.15) is 35.1 Å². The van der Waals surface area contributed by atoms with Gasteiger partial charge in [0.05, 0.1) is 0 Å². The van der Waals surface area contributed by atoms with Gasteiger partial charge in [0.2, 0.25) is 0 Å². The summed E-state index contributed by atoms with van der Waals surface area (Å²) in [5.74, 6) is -0.0370. The van der Waals surface area contributed by atoms with Crippen molar-refractivity contribution in [2.24, 2.45) is 0 Å². The number of esters is 1. The standard InChI is InChI=1S/C26H27Br2NO6/c1-16-11-23(31)35-25-17(2)24(19(13-21(16)25)12-20(28)14-27)34-22(30)9-6-10-29-26(32)33-15-18-7-4-3-5-8-18/h3-5,7-8,11,13,20H,6,9-10,12,14-15H2,1-2H3,(H,29,32)/t20-/m1/s1. The van der Waals surface area contributed by atoms with Crippen molar-refractivity contribution < 1.29 is 23.5 Å². The number of alkyl halides is 2. The number of ether oxygens (including phenoxy) is 2. The fraction of sp³-hybridized carbons (Fsp3) is 0.346. The van der Waals surface area contributed by atoms with Crippen LogP contribution in [0.2, 0.25) is 0 Å². The number of hydrogen-bond donors (Lipinski definition) is 1. The summed E-state index contributed by atoms with van der Waals surface area (Å²) >= 11 is 7.07. The van der Waals surface area contributed by atoms with Crippen molar-refractivity contribution in [1.29, 1.82) is 0 Å². The molecule has 186 valence electrons. The number of amides is 1. The summed E-state index contributed by atoms with van der Waals surface area (Å²) in [6.45, 7) is 4.07. The second-order valence-corrected chi connectivity index (χ2v) is 10.1. The highest BCUT2D eigenvalue weighted by molar-refractivity contribution is 9.12. The number of aryl methyl sites for hydroxylation is 2. The summed E-state index contributed by atoms with van der Waals surface area (Å²) in [6, 6.07) is 12.7. The molecular formula is C26H27Br2NO6. The summed E-state index contributed by atoms with van der Waals surface area (Å²) in [4.78, 5) is 36.5. The molecule has 9 heteroatoms. The number of benzene rings is 2. The molecule has 0 spiro atoms. The Hall–Kier alpha value is -2.65. The average Bonchev–Trinajstić information content (AvgIpc) is 2.84. The monoisotopic (exact) mass is 607 g/mol. The van der Waals surface area contributed by atoms with E-state index in [2.05, 4.69) is 37.2 Å². The van der Waals surface area contributed by atoms with E-state index < -0.39 is 17.7 Å². The lowest BCUT2D eigenvalue weighted by Crippen LogP contribution is -2.26. The summed E-state index contributed by atoms with van der Waals surface area (Å²) in [6.07, 6.45) is 0.554. The Labute approximate surface area is 220 Å². The summed E-state index contributed by atoms with van der Waals surface area (Å²) < 4.78 is 16.3. The Morgan fingerprint density at radius 3 is 2.60 bits per heavy atom. The Kier molecular flexibility index (Phi) is 9.92. The molecule has 0 aliphatic heterocycles. The minimum absolute atomic E-state index is 0.101. The van der Waals surface area contributed by atoms with Gasteiger partial charge in [-0.2, -0.15) is 0 Å². The van der Waals surface area contributed by atoms with E-state index in [4.69, 9.17) is 13.9 Å². The van der Waals surface area contributed by atoms with E-state index in [1.54, 1.807) is 6.92 Å². The molecule has 0 fully saturated rings. The van der Waals surface area contributed by atoms with Crippen LogP contribution >= 0.6 is 31.9 Å². The molecule has 0 radical (unpaired) electrons. The maximum atomic E-state index is 12.6. The lowest BCUT2D eigenvalue weighted by Gasteiger charge is -2.17. The molecule has 1 atom stereocenters. The van der Waals surface area contributed by atoms with Gasteiger partial charge in [0.15, 0.2) is 0 Å². The third kappa shape index (κ3) is 7.67. The van der Waals surface area contributed by atoms with Crippen LogP contribution in [0.15, 0.2) is 51.7 Å². The van der Waals surface area contributed by atoms with Gasteiger partial charge >= 0.3 is 17.7 Å². The van der Waals surface area contributed by atoms with Gasteiger partial charge in [-0.05, 0) is 49.4 Å². The third-order valence-electron chi connectivity index (χ3n) is 5.36. The van der Waals surface area contributed by atoms with Crippen molar-refractivity contribution in [3.8, 4) is 5.75 Å². The van der Waals surface area contributed by atoms with Crippen molar-refractivity contribution in [2.75, 3.05) is 11.9 Å². The second kappa shape index (κ2) is 12.9. The first-order valence-electron chi connectivity index (χ1n) is 11.2. The van der Waals surface area contributed by atoms with Gasteiger partial charge in [0.1, 0.15) is 17.9 Å². The van der Waals surface area contributed by atoms with E-state index in [-0.39, 0.29) is 24.4 Å². The van der Waals surface area contributed by atoms with Crippen molar-refractivity contribution in [3.63, 3.8) is 0 Å². The van der Waals surface area contributed by atoms with Gasteiger partial charge < -0.3 is 19.2 Å². The van der Waals surface area contributed by atoms with Gasteiger partial charge in [-0.15, -0.1) is 0 Å². The number of nitrogens with one attached hydrogen (secondary N) is 1. The lowest BCUT2D eigenvalue weighted by atomic mass is 9.99. The van der Waals surface area contributed by atoms with Crippen LogP contribution in [0.4, 0.5) is 4.79 Å². The number of halogens is 2. The normalized spacial score (nSPS) is 11.8. The molecular weight excluding hydrogens is 582 g/mol.